The number of sulfonamides is 1. The fourth-order valence-electron chi connectivity index (χ4n) is 1.66. The van der Waals surface area contributed by atoms with Crippen LogP contribution in [0.15, 0.2) is 34.1 Å². The van der Waals surface area contributed by atoms with Gasteiger partial charge in [0.25, 0.3) is 0 Å². The summed E-state index contributed by atoms with van der Waals surface area (Å²) >= 11 is 1.32. The lowest BCUT2D eigenvalue weighted by Gasteiger charge is -2.20. The highest BCUT2D eigenvalue weighted by molar-refractivity contribution is 7.99. The highest BCUT2D eigenvalue weighted by atomic mass is 32.2. The summed E-state index contributed by atoms with van der Waals surface area (Å²) in [4.78, 5) is 11.6. The normalized spacial score (nSPS) is 11.7. The van der Waals surface area contributed by atoms with Crippen molar-refractivity contribution in [3.8, 4) is 0 Å². The molecule has 0 bridgehead atoms. The van der Waals surface area contributed by atoms with Crippen LogP contribution in [0.5, 0.6) is 0 Å². The predicted molar refractivity (Wildman–Crippen MR) is 74.9 cm³/mol. The molecule has 1 N–H and O–H groups in total. The Hall–Kier alpha value is -1.05. The first kappa shape index (κ1) is 16.0. The molecule has 19 heavy (non-hydrogen) atoms. The monoisotopic (exact) mass is 303 g/mol. The van der Waals surface area contributed by atoms with Crippen molar-refractivity contribution in [3.05, 3.63) is 24.3 Å². The van der Waals surface area contributed by atoms with Crippen LogP contribution < -0.4 is 0 Å². The molecule has 0 atom stereocenters. The predicted octanol–water partition coefficient (Wildman–Crippen LogP) is 1.89. The van der Waals surface area contributed by atoms with E-state index in [2.05, 4.69) is 0 Å². The average Bonchev–Trinajstić information content (AvgIpc) is 2.37. The summed E-state index contributed by atoms with van der Waals surface area (Å²) in [5.41, 5.74) is 0. The molecule has 106 valence electrons. The second-order valence-corrected chi connectivity index (χ2v) is 6.64. The number of carboxylic acids is 1. The van der Waals surface area contributed by atoms with Crippen LogP contribution >= 0.6 is 11.8 Å². The summed E-state index contributed by atoms with van der Waals surface area (Å²) in [5.74, 6) is -1.15. The Labute approximate surface area is 117 Å². The molecule has 0 spiro atoms. The first-order chi connectivity index (χ1) is 8.93. The molecule has 0 saturated heterocycles. The first-order valence-corrected chi connectivity index (χ1v) is 8.45. The number of carbonyl (C=O) groups is 1. The lowest BCUT2D eigenvalue weighted by atomic mass is 10.4. The fourth-order valence-corrected chi connectivity index (χ4v) is 4.26. The van der Waals surface area contributed by atoms with Gasteiger partial charge in [0, 0.05) is 11.4 Å². The molecule has 1 aromatic carbocycles. The van der Waals surface area contributed by atoms with E-state index in [4.69, 9.17) is 5.11 Å². The van der Waals surface area contributed by atoms with E-state index in [9.17, 15) is 13.2 Å². The molecule has 0 heterocycles. The first-order valence-electron chi connectivity index (χ1n) is 5.78. The zero-order chi connectivity index (χ0) is 14.5. The summed E-state index contributed by atoms with van der Waals surface area (Å²) < 4.78 is 26.0. The van der Waals surface area contributed by atoms with Crippen molar-refractivity contribution in [2.24, 2.45) is 0 Å². The Kier molecular flexibility index (Phi) is 5.84. The van der Waals surface area contributed by atoms with Crippen molar-refractivity contribution in [2.45, 2.75) is 23.1 Å². The summed E-state index contributed by atoms with van der Waals surface area (Å²) in [7, 11) is -3.77. The minimum Gasteiger partial charge on any atom is -0.480 e. The van der Waals surface area contributed by atoms with Crippen LogP contribution in [0.4, 0.5) is 0 Å². The molecule has 5 nitrogen and oxygen atoms in total. The van der Waals surface area contributed by atoms with Gasteiger partial charge in [-0.15, -0.1) is 11.8 Å². The van der Waals surface area contributed by atoms with Gasteiger partial charge in [0.15, 0.2) is 0 Å². The average molecular weight is 303 g/mol. The number of thioether (sulfide) groups is 1. The van der Waals surface area contributed by atoms with Gasteiger partial charge in [0.2, 0.25) is 10.0 Å². The Morgan fingerprint density at radius 3 is 2.53 bits per heavy atom. The van der Waals surface area contributed by atoms with Crippen molar-refractivity contribution < 1.29 is 18.3 Å². The molecular weight excluding hydrogens is 286 g/mol. The molecule has 7 heteroatoms. The molecule has 0 amide bonds. The Morgan fingerprint density at radius 1 is 1.37 bits per heavy atom. The molecule has 0 aliphatic rings. The van der Waals surface area contributed by atoms with E-state index in [-0.39, 0.29) is 11.4 Å². The third kappa shape index (κ3) is 3.95. The summed E-state index contributed by atoms with van der Waals surface area (Å²) in [6.45, 7) is 1.49. The van der Waals surface area contributed by atoms with E-state index in [0.29, 0.717) is 11.3 Å². The lowest BCUT2D eigenvalue weighted by Crippen LogP contribution is -2.36. The molecule has 0 radical (unpaired) electrons. The van der Waals surface area contributed by atoms with Crippen LogP contribution in [0.25, 0.3) is 0 Å². The molecule has 0 saturated carbocycles. The molecule has 0 aliphatic heterocycles. The van der Waals surface area contributed by atoms with Crippen LogP contribution in [0.3, 0.4) is 0 Å². The number of hydrogen-bond donors (Lipinski definition) is 1. The van der Waals surface area contributed by atoms with Gasteiger partial charge in [-0.05, 0) is 24.8 Å². The second kappa shape index (κ2) is 6.93. The molecule has 0 unspecified atom stereocenters. The fraction of sp³-hybridized carbons (Fsp3) is 0.417. The Balaban J connectivity index is 3.22. The Morgan fingerprint density at radius 2 is 2.00 bits per heavy atom. The molecule has 1 rings (SSSR count). The molecular formula is C12H17NO4S2. The highest BCUT2D eigenvalue weighted by Gasteiger charge is 2.27. The second-order valence-electron chi connectivity index (χ2n) is 3.88. The molecule has 0 aromatic heterocycles. The van der Waals surface area contributed by atoms with Crippen LogP contribution in [-0.2, 0) is 14.8 Å². The molecule has 0 aliphatic carbocycles. The standard InChI is InChI=1S/C12H17NO4S2/c1-3-8-13(9-12(14)15)19(16,17)11-7-5-4-6-10(11)18-2/h4-7H,3,8-9H2,1-2H3,(H,14,15). The SMILES string of the molecule is CCCN(CC(=O)O)S(=O)(=O)c1ccccc1SC. The van der Waals surface area contributed by atoms with E-state index in [0.717, 1.165) is 4.31 Å². The summed E-state index contributed by atoms with van der Waals surface area (Å²) in [6, 6.07) is 6.61. The maximum atomic E-state index is 12.5. The van der Waals surface area contributed by atoms with Gasteiger partial charge in [0.05, 0.1) is 4.90 Å². The van der Waals surface area contributed by atoms with Crippen LogP contribution in [-0.4, -0.2) is 43.1 Å². The van der Waals surface area contributed by atoms with E-state index >= 15 is 0 Å². The maximum absolute atomic E-state index is 12.5. The van der Waals surface area contributed by atoms with Crippen molar-refractivity contribution in [1.29, 1.82) is 0 Å². The van der Waals surface area contributed by atoms with Gasteiger partial charge in [-0.2, -0.15) is 4.31 Å². The lowest BCUT2D eigenvalue weighted by molar-refractivity contribution is -0.137. The quantitative estimate of drug-likeness (QED) is 0.779. The van der Waals surface area contributed by atoms with E-state index in [1.807, 2.05) is 6.92 Å². The largest absolute Gasteiger partial charge is 0.480 e. The van der Waals surface area contributed by atoms with Crippen molar-refractivity contribution in [2.75, 3.05) is 19.3 Å². The number of nitrogens with zero attached hydrogens (tertiary/aromatic N) is 1. The topological polar surface area (TPSA) is 74.7 Å². The van der Waals surface area contributed by atoms with Crippen LogP contribution in [0, 0.1) is 0 Å². The number of rotatable bonds is 7. The van der Waals surface area contributed by atoms with Crippen LogP contribution in [0.2, 0.25) is 0 Å². The van der Waals surface area contributed by atoms with E-state index in [1.54, 1.807) is 24.5 Å². The third-order valence-corrected chi connectivity index (χ3v) is 5.30. The van der Waals surface area contributed by atoms with Gasteiger partial charge in [-0.25, -0.2) is 8.42 Å². The highest BCUT2D eigenvalue weighted by Crippen LogP contribution is 2.27. The minimum absolute atomic E-state index is 0.164. The van der Waals surface area contributed by atoms with Crippen molar-refractivity contribution >= 4 is 27.8 Å². The zero-order valence-corrected chi connectivity index (χ0v) is 12.5. The number of carboxylic acid groups (broad SMARTS) is 1. The smallest absolute Gasteiger partial charge is 0.318 e. The number of aliphatic carboxylic acids is 1. The van der Waals surface area contributed by atoms with E-state index in [1.165, 1.54) is 17.8 Å². The maximum Gasteiger partial charge on any atom is 0.318 e. The van der Waals surface area contributed by atoms with Gasteiger partial charge in [-0.1, -0.05) is 19.1 Å². The van der Waals surface area contributed by atoms with Crippen molar-refractivity contribution in [3.63, 3.8) is 0 Å². The third-order valence-electron chi connectivity index (χ3n) is 2.47. The Bertz CT molecular complexity index is 542. The van der Waals surface area contributed by atoms with Gasteiger partial charge in [0.1, 0.15) is 6.54 Å². The zero-order valence-electron chi connectivity index (χ0n) is 10.9. The number of hydrogen-bond acceptors (Lipinski definition) is 4. The summed E-state index contributed by atoms with van der Waals surface area (Å²) in [6.07, 6.45) is 2.35. The van der Waals surface area contributed by atoms with E-state index < -0.39 is 22.5 Å². The minimum atomic E-state index is -3.77. The van der Waals surface area contributed by atoms with Crippen molar-refractivity contribution in [1.82, 2.24) is 4.31 Å². The van der Waals surface area contributed by atoms with Gasteiger partial charge < -0.3 is 5.11 Å². The van der Waals surface area contributed by atoms with Gasteiger partial charge in [-0.3, -0.25) is 4.79 Å². The van der Waals surface area contributed by atoms with Gasteiger partial charge >= 0.3 is 5.97 Å². The van der Waals surface area contributed by atoms with Crippen LogP contribution in [0.1, 0.15) is 13.3 Å². The number of benzene rings is 1. The summed E-state index contributed by atoms with van der Waals surface area (Å²) in [5, 5.41) is 8.84. The molecule has 1 aromatic rings. The molecule has 0 fully saturated rings.